The van der Waals surface area contributed by atoms with E-state index in [2.05, 4.69) is 22.3 Å². The van der Waals surface area contributed by atoms with Crippen molar-refractivity contribution >= 4 is 44.6 Å². The Morgan fingerprint density at radius 3 is 2.47 bits per heavy atom. The smallest absolute Gasteiger partial charge is 0.408 e. The molecular weight excluding hydrogens is 843 g/mol. The van der Waals surface area contributed by atoms with E-state index in [1.54, 1.807) is 40.9 Å². The van der Waals surface area contributed by atoms with Crippen molar-refractivity contribution in [3.63, 3.8) is 0 Å². The number of ether oxygens (including phenoxy) is 5. The molecule has 0 radical (unpaired) electrons. The number of pyridine rings is 1. The Labute approximate surface area is 374 Å². The summed E-state index contributed by atoms with van der Waals surface area (Å²) in [5.41, 5.74) is -1.11. The Hall–Kier alpha value is -5.58. The van der Waals surface area contributed by atoms with Crippen molar-refractivity contribution in [3.8, 4) is 34.4 Å². The molecule has 7 unspecified atom stereocenters. The number of nitrogens with one attached hydrogen (secondary N) is 3. The number of allylic oxidation sites excluding steroid dienone is 1. The van der Waals surface area contributed by atoms with Gasteiger partial charge in [0.25, 0.3) is 5.91 Å². The molecule has 0 bridgehead atoms. The Bertz CT molecular complexity index is 2480. The maximum atomic E-state index is 15.1. The third-order valence-corrected chi connectivity index (χ3v) is 15.2. The Morgan fingerprint density at radius 2 is 1.75 bits per heavy atom. The molecule has 2 saturated carbocycles. The highest BCUT2D eigenvalue weighted by Gasteiger charge is 2.63. The van der Waals surface area contributed by atoms with E-state index in [9.17, 15) is 22.8 Å². The van der Waals surface area contributed by atoms with E-state index in [4.69, 9.17) is 28.7 Å². The number of benzene rings is 2. The predicted molar refractivity (Wildman–Crippen MR) is 237 cm³/mol. The van der Waals surface area contributed by atoms with Gasteiger partial charge in [0.15, 0.2) is 11.5 Å². The second kappa shape index (κ2) is 17.1. The third-order valence-electron chi connectivity index (χ3n) is 13.0. The standard InChI is InChI=1S/C47H59N5O11S/c1-27-10-8-9-11-31-25-47(31,43(55)51-64(57,58)46(6)16-17-46)50-40(53)36-24-33(26-52(36)42(54)39(28(2)20-27)49-44(56)63-45(3,4)5)62-41-34-14-13-32(59-7)21-30(34)22-35(48-41)29-12-15-37-38(23-29)61-19-18-60-37/h9,11-15,21-23,27-28,31,33,36,39H,8,10,16-20,24-26H2,1-7H3,(H,49,56)(H,50,53)(H,51,55). The van der Waals surface area contributed by atoms with E-state index in [1.165, 1.54) is 4.90 Å². The number of carbonyl (C=O) groups is 4. The van der Waals surface area contributed by atoms with Gasteiger partial charge in [0.2, 0.25) is 27.7 Å². The van der Waals surface area contributed by atoms with Gasteiger partial charge in [0.05, 0.1) is 24.1 Å². The number of methoxy groups -OCH3 is 1. The number of carbonyl (C=O) groups excluding carboxylic acids is 4. The van der Waals surface area contributed by atoms with Crippen LogP contribution in [0.1, 0.15) is 86.5 Å². The fraction of sp³-hybridized carbons (Fsp3) is 0.553. The van der Waals surface area contributed by atoms with Crippen LogP contribution in [0.15, 0.2) is 54.6 Å². The lowest BCUT2D eigenvalue weighted by molar-refractivity contribution is -0.142. The molecule has 3 fully saturated rings. The van der Waals surface area contributed by atoms with Gasteiger partial charge < -0.3 is 39.2 Å². The number of hydrogen-bond acceptors (Lipinski definition) is 12. The lowest BCUT2D eigenvalue weighted by atomic mass is 9.88. The number of nitrogens with zero attached hydrogens (tertiary/aromatic N) is 2. The lowest BCUT2D eigenvalue weighted by Crippen LogP contribution is -2.59. The second-order valence-electron chi connectivity index (χ2n) is 19.3. The summed E-state index contributed by atoms with van der Waals surface area (Å²) < 4.78 is 57.5. The Morgan fingerprint density at radius 1 is 1.00 bits per heavy atom. The molecule has 3 aliphatic heterocycles. The van der Waals surface area contributed by atoms with Crippen molar-refractivity contribution in [2.75, 3.05) is 26.9 Å². The van der Waals surface area contributed by atoms with Crippen LogP contribution >= 0.6 is 0 Å². The van der Waals surface area contributed by atoms with Gasteiger partial charge in [-0.05, 0) is 126 Å². The van der Waals surface area contributed by atoms with Crippen LogP contribution in [-0.4, -0.2) is 103 Å². The topological polar surface area (TPSA) is 201 Å². The maximum absolute atomic E-state index is 15.1. The van der Waals surface area contributed by atoms with Crippen LogP contribution in [0, 0.1) is 17.8 Å². The summed E-state index contributed by atoms with van der Waals surface area (Å²) in [4.78, 5) is 63.8. The average Bonchev–Trinajstić information content (AvgIpc) is 4.13. The minimum absolute atomic E-state index is 0.0102. The highest BCUT2D eigenvalue weighted by Crippen LogP contribution is 2.48. The normalized spacial score (nSPS) is 27.8. The minimum Gasteiger partial charge on any atom is -0.497 e. The zero-order chi connectivity index (χ0) is 45.8. The fourth-order valence-corrected chi connectivity index (χ4v) is 10.3. The van der Waals surface area contributed by atoms with E-state index in [0.29, 0.717) is 67.2 Å². The molecule has 8 rings (SSSR count). The van der Waals surface area contributed by atoms with Crippen molar-refractivity contribution in [2.24, 2.45) is 17.8 Å². The van der Waals surface area contributed by atoms with Crippen molar-refractivity contribution in [2.45, 2.75) is 121 Å². The van der Waals surface area contributed by atoms with E-state index >= 15 is 4.79 Å². The summed E-state index contributed by atoms with van der Waals surface area (Å²) in [5.74, 6) is -0.646. The van der Waals surface area contributed by atoms with Crippen molar-refractivity contribution in [1.29, 1.82) is 0 Å². The summed E-state index contributed by atoms with van der Waals surface area (Å²) in [6, 6.07) is 10.7. The fourth-order valence-electron chi connectivity index (χ4n) is 8.96. The van der Waals surface area contributed by atoms with Gasteiger partial charge in [-0.3, -0.25) is 19.1 Å². The molecule has 1 aromatic heterocycles. The van der Waals surface area contributed by atoms with Crippen LogP contribution in [0.2, 0.25) is 0 Å². The molecule has 7 atom stereocenters. The molecule has 64 heavy (non-hydrogen) atoms. The first-order valence-corrected chi connectivity index (χ1v) is 23.7. The molecule has 2 aromatic carbocycles. The van der Waals surface area contributed by atoms with Crippen molar-refractivity contribution in [1.82, 2.24) is 25.2 Å². The van der Waals surface area contributed by atoms with E-state index < -0.39 is 73.8 Å². The van der Waals surface area contributed by atoms with Gasteiger partial charge in [-0.15, -0.1) is 0 Å². The first-order chi connectivity index (χ1) is 30.3. The van der Waals surface area contributed by atoms with E-state index in [-0.39, 0.29) is 37.1 Å². The SMILES string of the molecule is COc1ccc2c(OC3CC4C(=O)NC5(C(=O)NS(=O)(=O)C6(C)CC6)CC5C=CCCC(C)CC(C)C(NC(=O)OC(C)(C)C)C(=O)N4C3)nc(-c3ccc4c(c3)OCCO4)cc2c1. The van der Waals surface area contributed by atoms with Gasteiger partial charge in [0, 0.05) is 23.3 Å². The van der Waals surface area contributed by atoms with E-state index in [0.717, 1.165) is 17.4 Å². The van der Waals surface area contributed by atoms with Gasteiger partial charge in [0.1, 0.15) is 48.3 Å². The predicted octanol–water partition coefficient (Wildman–Crippen LogP) is 5.81. The molecule has 0 spiro atoms. The summed E-state index contributed by atoms with van der Waals surface area (Å²) in [6.45, 7) is 11.5. The molecule has 344 valence electrons. The summed E-state index contributed by atoms with van der Waals surface area (Å²) in [7, 11) is -2.46. The molecule has 16 nitrogen and oxygen atoms in total. The van der Waals surface area contributed by atoms with Gasteiger partial charge in [-0.2, -0.15) is 0 Å². The molecule has 2 aliphatic carbocycles. The Balaban J connectivity index is 1.16. The first-order valence-electron chi connectivity index (χ1n) is 22.2. The lowest BCUT2D eigenvalue weighted by Gasteiger charge is -2.33. The highest BCUT2D eigenvalue weighted by atomic mass is 32.2. The third kappa shape index (κ3) is 9.31. The summed E-state index contributed by atoms with van der Waals surface area (Å²) in [6.07, 6.45) is 5.25. The largest absolute Gasteiger partial charge is 0.497 e. The number of hydrogen-bond donors (Lipinski definition) is 3. The van der Waals surface area contributed by atoms with Crippen LogP contribution < -0.4 is 34.3 Å². The number of fused-ring (bicyclic) bond motifs is 4. The van der Waals surface area contributed by atoms with Crippen molar-refractivity contribution in [3.05, 3.63) is 54.6 Å². The number of alkyl carbamates (subject to hydrolysis) is 1. The zero-order valence-electron chi connectivity index (χ0n) is 37.5. The van der Waals surface area contributed by atoms with Crippen molar-refractivity contribution < 1.29 is 51.3 Å². The van der Waals surface area contributed by atoms with E-state index in [1.807, 2.05) is 55.5 Å². The molecule has 4 heterocycles. The van der Waals surface area contributed by atoms with Crippen LogP contribution in [-0.2, 0) is 29.1 Å². The highest BCUT2D eigenvalue weighted by molar-refractivity contribution is 7.91. The van der Waals surface area contributed by atoms with Crippen LogP contribution in [0.3, 0.4) is 0 Å². The van der Waals surface area contributed by atoms with Crippen LogP contribution in [0.5, 0.6) is 23.1 Å². The number of rotatable bonds is 8. The molecule has 3 N–H and O–H groups in total. The molecular formula is C47H59N5O11S. The number of amides is 4. The average molecular weight is 902 g/mol. The van der Waals surface area contributed by atoms with Gasteiger partial charge >= 0.3 is 6.09 Å². The molecule has 17 heteroatoms. The first kappa shape index (κ1) is 45.0. The number of aromatic nitrogens is 1. The zero-order valence-corrected chi connectivity index (χ0v) is 38.3. The minimum atomic E-state index is -4.04. The maximum Gasteiger partial charge on any atom is 0.408 e. The van der Waals surface area contributed by atoms with Gasteiger partial charge in [-0.25, -0.2) is 18.2 Å². The Kier molecular flexibility index (Phi) is 12.0. The molecule has 4 amide bonds. The quantitative estimate of drug-likeness (QED) is 0.230. The summed E-state index contributed by atoms with van der Waals surface area (Å²) in [5, 5.41) is 7.19. The second-order valence-corrected chi connectivity index (χ2v) is 21.5. The molecule has 5 aliphatic rings. The molecule has 1 saturated heterocycles. The van der Waals surface area contributed by atoms with Crippen LogP contribution in [0.25, 0.3) is 22.0 Å². The monoisotopic (exact) mass is 901 g/mol. The molecule has 3 aromatic rings. The van der Waals surface area contributed by atoms with Gasteiger partial charge in [-0.1, -0.05) is 26.0 Å². The summed E-state index contributed by atoms with van der Waals surface area (Å²) >= 11 is 0. The number of sulfonamides is 1. The van der Waals surface area contributed by atoms with Crippen LogP contribution in [0.4, 0.5) is 4.79 Å².